The highest BCUT2D eigenvalue weighted by Gasteiger charge is 2.09. The highest BCUT2D eigenvalue weighted by molar-refractivity contribution is 7.92. The molecule has 2 heterocycles. The SMILES string of the molecule is Cc1cc2c(NCc3ccccc3NS(C)(=O)=O)ncnc2s1. The minimum Gasteiger partial charge on any atom is -0.365 e. The topological polar surface area (TPSA) is 84.0 Å². The van der Waals surface area contributed by atoms with E-state index >= 15 is 0 Å². The lowest BCUT2D eigenvalue weighted by Gasteiger charge is -2.12. The molecule has 8 heteroatoms. The number of aryl methyl sites for hydroxylation is 1. The van der Waals surface area contributed by atoms with Crippen LogP contribution in [0.5, 0.6) is 0 Å². The highest BCUT2D eigenvalue weighted by Crippen LogP contribution is 2.28. The summed E-state index contributed by atoms with van der Waals surface area (Å²) in [5.74, 6) is 0.744. The maximum atomic E-state index is 11.5. The summed E-state index contributed by atoms with van der Waals surface area (Å²) >= 11 is 1.62. The number of hydrogen-bond donors (Lipinski definition) is 2. The Morgan fingerprint density at radius 1 is 1.22 bits per heavy atom. The van der Waals surface area contributed by atoms with Crippen LogP contribution < -0.4 is 10.0 Å². The number of sulfonamides is 1. The number of thiophene rings is 1. The monoisotopic (exact) mass is 348 g/mol. The number of benzene rings is 1. The van der Waals surface area contributed by atoms with E-state index in [9.17, 15) is 8.42 Å². The van der Waals surface area contributed by atoms with E-state index in [1.165, 1.54) is 11.2 Å². The first-order valence-corrected chi connectivity index (χ1v) is 9.64. The van der Waals surface area contributed by atoms with Crippen molar-refractivity contribution >= 4 is 43.1 Å². The van der Waals surface area contributed by atoms with Gasteiger partial charge in [-0.1, -0.05) is 18.2 Å². The van der Waals surface area contributed by atoms with Crippen LogP contribution in [0.3, 0.4) is 0 Å². The average Bonchev–Trinajstić information content (AvgIpc) is 2.85. The van der Waals surface area contributed by atoms with E-state index in [0.29, 0.717) is 12.2 Å². The van der Waals surface area contributed by atoms with E-state index in [-0.39, 0.29) is 0 Å². The summed E-state index contributed by atoms with van der Waals surface area (Å²) in [6.07, 6.45) is 2.67. The number of nitrogens with zero attached hydrogens (tertiary/aromatic N) is 2. The number of fused-ring (bicyclic) bond motifs is 1. The van der Waals surface area contributed by atoms with Crippen molar-refractivity contribution in [2.75, 3.05) is 16.3 Å². The zero-order valence-electron chi connectivity index (χ0n) is 12.7. The van der Waals surface area contributed by atoms with E-state index in [1.54, 1.807) is 23.5 Å². The van der Waals surface area contributed by atoms with Gasteiger partial charge in [-0.25, -0.2) is 18.4 Å². The minimum absolute atomic E-state index is 0.458. The van der Waals surface area contributed by atoms with Gasteiger partial charge in [-0.2, -0.15) is 0 Å². The molecule has 2 N–H and O–H groups in total. The minimum atomic E-state index is -3.32. The third kappa shape index (κ3) is 3.77. The lowest BCUT2D eigenvalue weighted by atomic mass is 10.2. The van der Waals surface area contributed by atoms with Gasteiger partial charge in [0.05, 0.1) is 17.3 Å². The van der Waals surface area contributed by atoms with Gasteiger partial charge in [-0.3, -0.25) is 4.72 Å². The molecule has 0 saturated heterocycles. The van der Waals surface area contributed by atoms with Crippen LogP contribution >= 0.6 is 11.3 Å². The van der Waals surface area contributed by atoms with Crippen LogP contribution in [0.1, 0.15) is 10.4 Å². The zero-order valence-corrected chi connectivity index (χ0v) is 14.3. The molecule has 0 spiro atoms. The summed E-state index contributed by atoms with van der Waals surface area (Å²) in [6.45, 7) is 2.49. The fourth-order valence-corrected chi connectivity index (χ4v) is 3.72. The zero-order chi connectivity index (χ0) is 16.4. The summed E-state index contributed by atoms with van der Waals surface area (Å²) in [4.78, 5) is 10.6. The molecule has 1 aromatic carbocycles. The Balaban J connectivity index is 1.85. The quantitative estimate of drug-likeness (QED) is 0.740. The summed E-state index contributed by atoms with van der Waals surface area (Å²) < 4.78 is 25.4. The summed E-state index contributed by atoms with van der Waals surface area (Å²) in [5.41, 5.74) is 1.41. The third-order valence-electron chi connectivity index (χ3n) is 3.21. The second-order valence-electron chi connectivity index (χ2n) is 5.18. The predicted octanol–water partition coefficient (Wildman–Crippen LogP) is 2.98. The molecular formula is C15H16N4O2S2. The standard InChI is InChI=1S/C15H16N4O2S2/c1-10-7-12-14(17-9-18-15(12)22-10)16-8-11-5-3-4-6-13(11)19-23(2,20)21/h3-7,9,19H,8H2,1-2H3,(H,16,17,18). The Morgan fingerprint density at radius 3 is 2.78 bits per heavy atom. The van der Waals surface area contributed by atoms with Gasteiger partial charge in [0.15, 0.2) is 0 Å². The fourth-order valence-electron chi connectivity index (χ4n) is 2.27. The predicted molar refractivity (Wildman–Crippen MR) is 94.4 cm³/mol. The molecule has 0 aliphatic rings. The Bertz CT molecular complexity index is 951. The highest BCUT2D eigenvalue weighted by atomic mass is 32.2. The number of aromatic nitrogens is 2. The van der Waals surface area contributed by atoms with Crippen molar-refractivity contribution in [1.29, 1.82) is 0 Å². The summed E-state index contributed by atoms with van der Waals surface area (Å²) in [6, 6.07) is 9.32. The van der Waals surface area contributed by atoms with Gasteiger partial charge in [-0.05, 0) is 24.6 Å². The van der Waals surface area contributed by atoms with Gasteiger partial charge in [0.2, 0.25) is 10.0 Å². The van der Waals surface area contributed by atoms with Crippen LogP contribution in [-0.2, 0) is 16.6 Å². The summed E-state index contributed by atoms with van der Waals surface area (Å²) in [5, 5.41) is 4.24. The number of hydrogen-bond acceptors (Lipinski definition) is 6. The lowest BCUT2D eigenvalue weighted by molar-refractivity contribution is 0.606. The Kier molecular flexibility index (Phi) is 4.18. The molecule has 0 aliphatic heterocycles. The molecule has 0 unspecified atom stereocenters. The molecule has 2 aromatic heterocycles. The number of rotatable bonds is 5. The van der Waals surface area contributed by atoms with Gasteiger partial charge < -0.3 is 5.32 Å². The maximum absolute atomic E-state index is 11.5. The molecule has 6 nitrogen and oxygen atoms in total. The van der Waals surface area contributed by atoms with Gasteiger partial charge in [0.1, 0.15) is 17.0 Å². The van der Waals surface area contributed by atoms with Crippen LogP contribution in [0, 0.1) is 6.92 Å². The van der Waals surface area contributed by atoms with E-state index < -0.39 is 10.0 Å². The first-order valence-electron chi connectivity index (χ1n) is 6.93. The van der Waals surface area contributed by atoms with E-state index in [2.05, 4.69) is 20.0 Å². The van der Waals surface area contributed by atoms with Crippen molar-refractivity contribution in [3.63, 3.8) is 0 Å². The van der Waals surface area contributed by atoms with E-state index in [4.69, 9.17) is 0 Å². The van der Waals surface area contributed by atoms with Crippen molar-refractivity contribution in [2.45, 2.75) is 13.5 Å². The molecule has 3 rings (SSSR count). The van der Waals surface area contributed by atoms with E-state index in [1.807, 2.05) is 25.1 Å². The van der Waals surface area contributed by atoms with Crippen LogP contribution in [0.15, 0.2) is 36.7 Å². The Hall–Kier alpha value is -2.19. The molecule has 0 atom stereocenters. The first kappa shape index (κ1) is 15.7. The number of nitrogens with one attached hydrogen (secondary N) is 2. The molecule has 0 amide bonds. The van der Waals surface area contributed by atoms with Crippen LogP contribution in [0.25, 0.3) is 10.2 Å². The molecule has 0 saturated carbocycles. The van der Waals surface area contributed by atoms with Gasteiger partial charge in [0, 0.05) is 11.4 Å². The normalized spacial score (nSPS) is 11.6. The largest absolute Gasteiger partial charge is 0.365 e. The molecule has 23 heavy (non-hydrogen) atoms. The molecule has 0 radical (unpaired) electrons. The van der Waals surface area contributed by atoms with Crippen molar-refractivity contribution in [1.82, 2.24) is 9.97 Å². The average molecular weight is 348 g/mol. The lowest BCUT2D eigenvalue weighted by Crippen LogP contribution is -2.12. The Labute approximate surface area is 138 Å². The third-order valence-corrected chi connectivity index (χ3v) is 4.76. The van der Waals surface area contributed by atoms with Crippen LogP contribution in [-0.4, -0.2) is 24.6 Å². The van der Waals surface area contributed by atoms with Crippen molar-refractivity contribution in [3.05, 3.63) is 47.1 Å². The fraction of sp³-hybridized carbons (Fsp3) is 0.200. The van der Waals surface area contributed by atoms with Gasteiger partial charge in [0.25, 0.3) is 0 Å². The van der Waals surface area contributed by atoms with Crippen LogP contribution in [0.4, 0.5) is 11.5 Å². The van der Waals surface area contributed by atoms with Gasteiger partial charge >= 0.3 is 0 Å². The molecule has 0 fully saturated rings. The molecular weight excluding hydrogens is 332 g/mol. The van der Waals surface area contributed by atoms with Crippen molar-refractivity contribution in [2.24, 2.45) is 0 Å². The first-order chi connectivity index (χ1) is 10.9. The summed E-state index contributed by atoms with van der Waals surface area (Å²) in [7, 11) is -3.32. The van der Waals surface area contributed by atoms with Crippen molar-refractivity contribution in [3.8, 4) is 0 Å². The molecule has 0 aliphatic carbocycles. The maximum Gasteiger partial charge on any atom is 0.229 e. The molecule has 0 bridgehead atoms. The van der Waals surface area contributed by atoms with Crippen molar-refractivity contribution < 1.29 is 8.42 Å². The van der Waals surface area contributed by atoms with Crippen LogP contribution in [0.2, 0.25) is 0 Å². The number of para-hydroxylation sites is 1. The number of anilines is 2. The molecule has 120 valence electrons. The Morgan fingerprint density at radius 2 is 2.00 bits per heavy atom. The second kappa shape index (κ2) is 6.13. The van der Waals surface area contributed by atoms with E-state index in [0.717, 1.165) is 27.9 Å². The van der Waals surface area contributed by atoms with Gasteiger partial charge in [-0.15, -0.1) is 11.3 Å². The molecule has 3 aromatic rings. The smallest absolute Gasteiger partial charge is 0.229 e. The second-order valence-corrected chi connectivity index (χ2v) is 8.17.